The van der Waals surface area contributed by atoms with E-state index in [9.17, 15) is 0 Å². The van der Waals surface area contributed by atoms with Crippen molar-refractivity contribution in [3.63, 3.8) is 0 Å². The fraction of sp³-hybridized carbons (Fsp3) is 0.500. The number of rotatable bonds is 4. The van der Waals surface area contributed by atoms with Crippen molar-refractivity contribution in [1.82, 2.24) is 24.5 Å². The van der Waals surface area contributed by atoms with E-state index >= 15 is 0 Å². The standard InChI is InChI=1S/C10H16N6/c1-4-8-9(6-16(3)14-8)11-5-10-13-12-7-15(10)2/h6-7,11H,4-5H2,1-3H3. The summed E-state index contributed by atoms with van der Waals surface area (Å²) >= 11 is 0. The van der Waals surface area contributed by atoms with Gasteiger partial charge in [0.1, 0.15) is 6.33 Å². The first-order valence-electron chi connectivity index (χ1n) is 5.30. The lowest BCUT2D eigenvalue weighted by Crippen LogP contribution is -2.06. The predicted molar refractivity (Wildman–Crippen MR) is 60.9 cm³/mol. The number of aromatic nitrogens is 5. The van der Waals surface area contributed by atoms with Gasteiger partial charge in [-0.25, -0.2) is 0 Å². The van der Waals surface area contributed by atoms with E-state index < -0.39 is 0 Å². The first kappa shape index (κ1) is 10.7. The van der Waals surface area contributed by atoms with E-state index in [0.717, 1.165) is 23.6 Å². The van der Waals surface area contributed by atoms with Gasteiger partial charge in [-0.2, -0.15) is 5.10 Å². The van der Waals surface area contributed by atoms with Crippen LogP contribution in [0.5, 0.6) is 0 Å². The highest BCUT2D eigenvalue weighted by Gasteiger charge is 2.06. The van der Waals surface area contributed by atoms with E-state index in [4.69, 9.17) is 0 Å². The molecule has 0 atom stereocenters. The van der Waals surface area contributed by atoms with E-state index in [2.05, 4.69) is 27.5 Å². The third kappa shape index (κ3) is 2.05. The normalized spacial score (nSPS) is 10.7. The van der Waals surface area contributed by atoms with E-state index in [-0.39, 0.29) is 0 Å². The third-order valence-corrected chi connectivity index (χ3v) is 2.48. The van der Waals surface area contributed by atoms with Crippen LogP contribution in [0.25, 0.3) is 0 Å². The maximum absolute atomic E-state index is 4.36. The Morgan fingerprint density at radius 2 is 2.19 bits per heavy atom. The summed E-state index contributed by atoms with van der Waals surface area (Å²) in [5.74, 6) is 0.908. The second-order valence-electron chi connectivity index (χ2n) is 3.73. The maximum Gasteiger partial charge on any atom is 0.151 e. The molecule has 2 heterocycles. The molecule has 86 valence electrons. The molecule has 2 rings (SSSR count). The summed E-state index contributed by atoms with van der Waals surface area (Å²) < 4.78 is 3.72. The highest BCUT2D eigenvalue weighted by atomic mass is 15.3. The van der Waals surface area contributed by atoms with Gasteiger partial charge in [-0.1, -0.05) is 6.92 Å². The van der Waals surface area contributed by atoms with Crippen LogP contribution in [0.3, 0.4) is 0 Å². The summed E-state index contributed by atoms with van der Waals surface area (Å²) in [5, 5.41) is 15.5. The fourth-order valence-electron chi connectivity index (χ4n) is 1.58. The lowest BCUT2D eigenvalue weighted by Gasteiger charge is -2.04. The van der Waals surface area contributed by atoms with Crippen LogP contribution in [0.1, 0.15) is 18.4 Å². The number of anilines is 1. The average molecular weight is 220 g/mol. The molecule has 0 aliphatic carbocycles. The molecule has 0 bridgehead atoms. The fourth-order valence-corrected chi connectivity index (χ4v) is 1.58. The molecule has 2 aromatic rings. The second-order valence-corrected chi connectivity index (χ2v) is 3.73. The Balaban J connectivity index is 2.07. The Kier molecular flexibility index (Phi) is 2.89. The highest BCUT2D eigenvalue weighted by Crippen LogP contribution is 2.14. The van der Waals surface area contributed by atoms with Crippen molar-refractivity contribution in [2.45, 2.75) is 19.9 Å². The first-order valence-corrected chi connectivity index (χ1v) is 5.30. The zero-order valence-electron chi connectivity index (χ0n) is 9.80. The van der Waals surface area contributed by atoms with Crippen LogP contribution in [-0.4, -0.2) is 24.5 Å². The summed E-state index contributed by atoms with van der Waals surface area (Å²) in [6.45, 7) is 2.75. The van der Waals surface area contributed by atoms with Crippen molar-refractivity contribution in [2.24, 2.45) is 14.1 Å². The molecule has 0 unspecified atom stereocenters. The number of nitrogens with zero attached hydrogens (tertiary/aromatic N) is 5. The predicted octanol–water partition coefficient (Wildman–Crippen LogP) is 0.723. The van der Waals surface area contributed by atoms with Crippen molar-refractivity contribution in [1.29, 1.82) is 0 Å². The molecule has 0 radical (unpaired) electrons. The second kappa shape index (κ2) is 4.34. The number of nitrogens with one attached hydrogen (secondary N) is 1. The van der Waals surface area contributed by atoms with Gasteiger partial charge in [0.2, 0.25) is 0 Å². The minimum absolute atomic E-state index is 0.662. The van der Waals surface area contributed by atoms with E-state index in [0.29, 0.717) is 6.54 Å². The Bertz CT molecular complexity index is 469. The minimum Gasteiger partial charge on any atom is -0.375 e. The van der Waals surface area contributed by atoms with Crippen molar-refractivity contribution in [3.8, 4) is 0 Å². The van der Waals surface area contributed by atoms with Crippen LogP contribution in [0.2, 0.25) is 0 Å². The van der Waals surface area contributed by atoms with E-state index in [1.165, 1.54) is 0 Å². The van der Waals surface area contributed by atoms with Gasteiger partial charge in [0.05, 0.1) is 17.9 Å². The van der Waals surface area contributed by atoms with E-state index in [1.54, 1.807) is 6.33 Å². The van der Waals surface area contributed by atoms with Crippen molar-refractivity contribution in [3.05, 3.63) is 24.0 Å². The average Bonchev–Trinajstić information content (AvgIpc) is 2.81. The van der Waals surface area contributed by atoms with Gasteiger partial charge in [-0.3, -0.25) is 4.68 Å². The molecule has 1 N–H and O–H groups in total. The molecule has 0 amide bonds. The smallest absolute Gasteiger partial charge is 0.151 e. The lowest BCUT2D eigenvalue weighted by atomic mass is 10.3. The minimum atomic E-state index is 0.662. The topological polar surface area (TPSA) is 60.6 Å². The van der Waals surface area contributed by atoms with Gasteiger partial charge in [0.25, 0.3) is 0 Å². The van der Waals surface area contributed by atoms with Gasteiger partial charge >= 0.3 is 0 Å². The highest BCUT2D eigenvalue weighted by molar-refractivity contribution is 5.46. The maximum atomic E-state index is 4.36. The van der Waals surface area contributed by atoms with Crippen LogP contribution in [0, 0.1) is 0 Å². The van der Waals surface area contributed by atoms with Crippen LogP contribution in [-0.2, 0) is 27.1 Å². The summed E-state index contributed by atoms with van der Waals surface area (Å²) in [5.41, 5.74) is 2.14. The molecule has 0 saturated carbocycles. The Morgan fingerprint density at radius 1 is 1.38 bits per heavy atom. The third-order valence-electron chi connectivity index (χ3n) is 2.48. The molecule has 0 aliphatic heterocycles. The summed E-state index contributed by atoms with van der Waals surface area (Å²) in [4.78, 5) is 0. The molecule has 16 heavy (non-hydrogen) atoms. The van der Waals surface area contributed by atoms with Gasteiger partial charge < -0.3 is 9.88 Å². The zero-order valence-corrected chi connectivity index (χ0v) is 9.80. The van der Waals surface area contributed by atoms with Crippen molar-refractivity contribution < 1.29 is 0 Å². The SMILES string of the molecule is CCc1nn(C)cc1NCc1nncn1C. The number of hydrogen-bond donors (Lipinski definition) is 1. The zero-order chi connectivity index (χ0) is 11.5. The summed E-state index contributed by atoms with van der Waals surface area (Å²) in [6, 6.07) is 0. The Labute approximate surface area is 94.3 Å². The largest absolute Gasteiger partial charge is 0.375 e. The van der Waals surface area contributed by atoms with E-state index in [1.807, 2.05) is 29.5 Å². The number of aryl methyl sites for hydroxylation is 3. The van der Waals surface area contributed by atoms with Crippen molar-refractivity contribution >= 4 is 5.69 Å². The number of hydrogen-bond acceptors (Lipinski definition) is 4. The molecular formula is C10H16N6. The molecule has 2 aromatic heterocycles. The molecule has 6 nitrogen and oxygen atoms in total. The summed E-state index contributed by atoms with van der Waals surface area (Å²) in [7, 11) is 3.85. The molecule has 0 fully saturated rings. The van der Waals surface area contributed by atoms with Crippen LogP contribution < -0.4 is 5.32 Å². The molecule has 0 spiro atoms. The summed E-state index contributed by atoms with van der Waals surface area (Å²) in [6.07, 6.45) is 4.60. The lowest BCUT2D eigenvalue weighted by molar-refractivity contribution is 0.746. The monoisotopic (exact) mass is 220 g/mol. The quantitative estimate of drug-likeness (QED) is 0.825. The molecule has 6 heteroatoms. The molecule has 0 aromatic carbocycles. The van der Waals surface area contributed by atoms with Crippen LogP contribution >= 0.6 is 0 Å². The van der Waals surface area contributed by atoms with Crippen molar-refractivity contribution in [2.75, 3.05) is 5.32 Å². The molecular weight excluding hydrogens is 204 g/mol. The van der Waals surface area contributed by atoms with Gasteiger partial charge in [-0.05, 0) is 6.42 Å². The Morgan fingerprint density at radius 3 is 2.81 bits per heavy atom. The van der Waals surface area contributed by atoms with Gasteiger partial charge in [0.15, 0.2) is 5.82 Å². The first-order chi connectivity index (χ1) is 7.70. The van der Waals surface area contributed by atoms with Crippen LogP contribution in [0.15, 0.2) is 12.5 Å². The molecule has 0 saturated heterocycles. The Hall–Kier alpha value is -1.85. The van der Waals surface area contributed by atoms with Gasteiger partial charge in [0, 0.05) is 20.3 Å². The molecule has 0 aliphatic rings. The van der Waals surface area contributed by atoms with Gasteiger partial charge in [-0.15, -0.1) is 10.2 Å². The van der Waals surface area contributed by atoms with Crippen LogP contribution in [0.4, 0.5) is 5.69 Å².